The number of hydrogen-bond donors (Lipinski definition) is 1. The molecule has 0 spiro atoms. The van der Waals surface area contributed by atoms with Crippen LogP contribution in [-0.2, 0) is 0 Å². The number of H-pyrrole nitrogens is 1. The van der Waals surface area contributed by atoms with Crippen LogP contribution >= 0.6 is 0 Å². The van der Waals surface area contributed by atoms with Crippen molar-refractivity contribution in [2.45, 2.75) is 13.8 Å². The molecule has 2 aromatic rings. The van der Waals surface area contributed by atoms with Gasteiger partial charge in [-0.25, -0.2) is 0 Å². The minimum Gasteiger partial charge on any atom is -0.494 e. The Hall–Kier alpha value is -2.54. The first kappa shape index (κ1) is 12.9. The number of benzene rings is 1. The molecule has 19 heavy (non-hydrogen) atoms. The molecule has 4 heteroatoms. The maximum absolute atomic E-state index is 11.7. The van der Waals surface area contributed by atoms with E-state index in [9.17, 15) is 4.79 Å². The van der Waals surface area contributed by atoms with Crippen molar-refractivity contribution in [3.63, 3.8) is 0 Å². The number of pyridine rings is 1. The summed E-state index contributed by atoms with van der Waals surface area (Å²) < 4.78 is 5.44. The number of aryl methyl sites for hydroxylation is 1. The Morgan fingerprint density at radius 3 is 2.89 bits per heavy atom. The Bertz CT molecular complexity index is 696. The van der Waals surface area contributed by atoms with Gasteiger partial charge in [0, 0.05) is 11.8 Å². The van der Waals surface area contributed by atoms with Crippen molar-refractivity contribution in [3.8, 4) is 22.9 Å². The second-order valence-corrected chi connectivity index (χ2v) is 4.12. The summed E-state index contributed by atoms with van der Waals surface area (Å²) in [6.45, 7) is 4.34. The summed E-state index contributed by atoms with van der Waals surface area (Å²) in [5, 5.41) is 9.16. The monoisotopic (exact) mass is 254 g/mol. The lowest BCUT2D eigenvalue weighted by molar-refractivity contribution is 0.340. The second-order valence-electron chi connectivity index (χ2n) is 4.12. The molecule has 0 aliphatic heterocycles. The average Bonchev–Trinajstić information content (AvgIpc) is 2.41. The Kier molecular flexibility index (Phi) is 3.67. The van der Waals surface area contributed by atoms with Gasteiger partial charge in [0.15, 0.2) is 0 Å². The third kappa shape index (κ3) is 2.50. The minimum atomic E-state index is -0.370. The van der Waals surface area contributed by atoms with Crippen LogP contribution < -0.4 is 10.3 Å². The normalized spacial score (nSPS) is 9.95. The smallest absolute Gasteiger partial charge is 0.266 e. The van der Waals surface area contributed by atoms with Crippen LogP contribution in [0.25, 0.3) is 11.1 Å². The summed E-state index contributed by atoms with van der Waals surface area (Å²) in [5.41, 5.74) is 2.09. The summed E-state index contributed by atoms with van der Waals surface area (Å²) in [5.74, 6) is 0.726. The lowest BCUT2D eigenvalue weighted by Crippen LogP contribution is -2.12. The molecular weight excluding hydrogens is 240 g/mol. The van der Waals surface area contributed by atoms with Crippen LogP contribution in [-0.4, -0.2) is 11.6 Å². The van der Waals surface area contributed by atoms with Crippen LogP contribution in [0, 0.1) is 18.3 Å². The van der Waals surface area contributed by atoms with Gasteiger partial charge < -0.3 is 9.72 Å². The van der Waals surface area contributed by atoms with Crippen LogP contribution in [0.3, 0.4) is 0 Å². The first-order valence-corrected chi connectivity index (χ1v) is 6.03. The van der Waals surface area contributed by atoms with E-state index >= 15 is 0 Å². The van der Waals surface area contributed by atoms with E-state index in [1.807, 2.05) is 44.2 Å². The number of ether oxygens (including phenoxy) is 1. The number of aromatic amines is 1. The van der Waals surface area contributed by atoms with E-state index < -0.39 is 0 Å². The Balaban J connectivity index is 2.65. The van der Waals surface area contributed by atoms with Gasteiger partial charge in [0.05, 0.1) is 6.61 Å². The highest BCUT2D eigenvalue weighted by atomic mass is 16.5. The zero-order valence-corrected chi connectivity index (χ0v) is 10.9. The lowest BCUT2D eigenvalue weighted by atomic mass is 9.98. The van der Waals surface area contributed by atoms with E-state index in [1.165, 1.54) is 0 Å². The fourth-order valence-electron chi connectivity index (χ4n) is 2.02. The number of hydrogen-bond acceptors (Lipinski definition) is 3. The van der Waals surface area contributed by atoms with E-state index in [-0.39, 0.29) is 11.1 Å². The highest BCUT2D eigenvalue weighted by Gasteiger charge is 2.12. The summed E-state index contributed by atoms with van der Waals surface area (Å²) >= 11 is 0. The van der Waals surface area contributed by atoms with Crippen molar-refractivity contribution in [2.24, 2.45) is 0 Å². The van der Waals surface area contributed by atoms with Gasteiger partial charge in [-0.1, -0.05) is 12.1 Å². The minimum absolute atomic E-state index is 0.133. The third-order valence-electron chi connectivity index (χ3n) is 2.84. The lowest BCUT2D eigenvalue weighted by Gasteiger charge is -2.09. The van der Waals surface area contributed by atoms with Gasteiger partial charge in [0.25, 0.3) is 5.56 Å². The second kappa shape index (κ2) is 5.40. The number of aromatic nitrogens is 1. The SMILES string of the molecule is CCOc1cccc(-c2c(C)c[nH]c(=O)c2C#N)c1. The molecule has 0 fully saturated rings. The van der Waals surface area contributed by atoms with Crippen molar-refractivity contribution in [1.29, 1.82) is 5.26 Å². The van der Waals surface area contributed by atoms with Crippen molar-refractivity contribution in [3.05, 3.63) is 51.9 Å². The molecule has 0 unspecified atom stereocenters. The maximum Gasteiger partial charge on any atom is 0.266 e. The molecule has 0 saturated heterocycles. The Morgan fingerprint density at radius 2 is 2.21 bits per heavy atom. The maximum atomic E-state index is 11.7. The molecule has 0 amide bonds. The Morgan fingerprint density at radius 1 is 1.42 bits per heavy atom. The Labute approximate surface area is 111 Å². The molecular formula is C15H14N2O2. The molecule has 0 saturated carbocycles. The van der Waals surface area contributed by atoms with Crippen LogP contribution in [0.1, 0.15) is 18.1 Å². The van der Waals surface area contributed by atoms with E-state index in [2.05, 4.69) is 4.98 Å². The van der Waals surface area contributed by atoms with Gasteiger partial charge in [-0.3, -0.25) is 4.79 Å². The average molecular weight is 254 g/mol. The van der Waals surface area contributed by atoms with Crippen molar-refractivity contribution < 1.29 is 4.74 Å². The molecule has 0 atom stereocenters. The molecule has 0 bridgehead atoms. The number of nitrogens with zero attached hydrogens (tertiary/aromatic N) is 1. The number of rotatable bonds is 3. The molecule has 1 aromatic carbocycles. The summed E-state index contributed by atoms with van der Waals surface area (Å²) in [6, 6.07) is 9.37. The molecule has 2 rings (SSSR count). The predicted octanol–water partition coefficient (Wildman–Crippen LogP) is 2.62. The number of nitriles is 1. The molecule has 0 aliphatic carbocycles. The molecule has 0 radical (unpaired) electrons. The number of nitrogens with one attached hydrogen (secondary N) is 1. The molecule has 1 N–H and O–H groups in total. The van der Waals surface area contributed by atoms with E-state index in [0.717, 1.165) is 16.9 Å². The first-order chi connectivity index (χ1) is 9.17. The zero-order chi connectivity index (χ0) is 13.8. The van der Waals surface area contributed by atoms with Crippen molar-refractivity contribution in [1.82, 2.24) is 4.98 Å². The standard InChI is InChI=1S/C15H14N2O2/c1-3-19-12-6-4-5-11(7-12)14-10(2)9-17-15(18)13(14)8-16/h4-7,9H,3H2,1-2H3,(H,17,18). The fraction of sp³-hybridized carbons (Fsp3) is 0.200. The van der Waals surface area contributed by atoms with Gasteiger partial charge >= 0.3 is 0 Å². The van der Waals surface area contributed by atoms with Crippen molar-refractivity contribution in [2.75, 3.05) is 6.61 Å². The van der Waals surface area contributed by atoms with Gasteiger partial charge in [-0.2, -0.15) is 5.26 Å². The van der Waals surface area contributed by atoms with E-state index in [1.54, 1.807) is 6.20 Å². The predicted molar refractivity (Wildman–Crippen MR) is 73.1 cm³/mol. The van der Waals surface area contributed by atoms with Crippen LogP contribution in [0.15, 0.2) is 35.3 Å². The fourth-order valence-corrected chi connectivity index (χ4v) is 2.02. The molecule has 0 aliphatic rings. The zero-order valence-electron chi connectivity index (χ0n) is 10.9. The highest BCUT2D eigenvalue weighted by Crippen LogP contribution is 2.27. The molecule has 1 aromatic heterocycles. The van der Waals surface area contributed by atoms with Crippen LogP contribution in [0.4, 0.5) is 0 Å². The molecule has 96 valence electrons. The van der Waals surface area contributed by atoms with Gasteiger partial charge in [0.2, 0.25) is 0 Å². The topological polar surface area (TPSA) is 65.9 Å². The highest BCUT2D eigenvalue weighted by molar-refractivity contribution is 5.73. The third-order valence-corrected chi connectivity index (χ3v) is 2.84. The first-order valence-electron chi connectivity index (χ1n) is 6.03. The van der Waals surface area contributed by atoms with Gasteiger partial charge in [-0.05, 0) is 37.1 Å². The van der Waals surface area contributed by atoms with Gasteiger partial charge in [0.1, 0.15) is 17.4 Å². The summed E-state index contributed by atoms with van der Waals surface area (Å²) in [7, 11) is 0. The molecule has 4 nitrogen and oxygen atoms in total. The van der Waals surface area contributed by atoms with Gasteiger partial charge in [-0.15, -0.1) is 0 Å². The van der Waals surface area contributed by atoms with Crippen LogP contribution in [0.2, 0.25) is 0 Å². The summed E-state index contributed by atoms with van der Waals surface area (Å²) in [4.78, 5) is 14.3. The van der Waals surface area contributed by atoms with Crippen LogP contribution in [0.5, 0.6) is 5.75 Å². The summed E-state index contributed by atoms with van der Waals surface area (Å²) in [6.07, 6.45) is 1.62. The van der Waals surface area contributed by atoms with E-state index in [4.69, 9.17) is 10.00 Å². The van der Waals surface area contributed by atoms with E-state index in [0.29, 0.717) is 12.2 Å². The largest absolute Gasteiger partial charge is 0.494 e. The quantitative estimate of drug-likeness (QED) is 0.915. The van der Waals surface area contributed by atoms with Crippen molar-refractivity contribution >= 4 is 0 Å². The molecule has 1 heterocycles.